The number of para-hydroxylation sites is 1. The number of amides is 1. The average molecular weight is 479 g/mol. The van der Waals surface area contributed by atoms with Crippen molar-refractivity contribution in [3.8, 4) is 0 Å². The molecule has 1 heterocycles. The van der Waals surface area contributed by atoms with Gasteiger partial charge in [-0.2, -0.15) is 0 Å². The Bertz CT molecular complexity index is 831. The molecule has 1 aliphatic rings. The maximum Gasteiger partial charge on any atom is 0.407 e. The van der Waals surface area contributed by atoms with Crippen LogP contribution >= 0.6 is 22.6 Å². The van der Waals surface area contributed by atoms with E-state index in [1.165, 1.54) is 20.4 Å². The van der Waals surface area contributed by atoms with Crippen LogP contribution in [0.4, 0.5) is 21.9 Å². The summed E-state index contributed by atoms with van der Waals surface area (Å²) < 4.78 is 6.42. The topological polar surface area (TPSA) is 62.4 Å². The fraction of sp³-hybridized carbons (Fsp3) is 0.381. The Balaban J connectivity index is 1.61. The highest BCUT2D eigenvalue weighted by atomic mass is 127. The summed E-state index contributed by atoms with van der Waals surface area (Å²) in [5.74, 6) is 0. The molecule has 27 heavy (non-hydrogen) atoms. The molecule has 0 spiro atoms. The van der Waals surface area contributed by atoms with Crippen molar-refractivity contribution in [1.82, 2.24) is 5.32 Å². The minimum atomic E-state index is -0.480. The Morgan fingerprint density at radius 1 is 1.11 bits per heavy atom. The monoisotopic (exact) mass is 479 g/mol. The van der Waals surface area contributed by atoms with E-state index in [-0.39, 0.29) is 6.09 Å². The highest BCUT2D eigenvalue weighted by molar-refractivity contribution is 14.1. The number of carbonyl (C=O) groups is 1. The minimum Gasteiger partial charge on any atom is -0.444 e. The zero-order valence-electron chi connectivity index (χ0n) is 16.0. The molecule has 0 aromatic heterocycles. The van der Waals surface area contributed by atoms with Gasteiger partial charge >= 0.3 is 6.09 Å². The van der Waals surface area contributed by atoms with E-state index in [9.17, 15) is 4.79 Å². The predicted octanol–water partition coefficient (Wildman–Crippen LogP) is 5.07. The maximum absolute atomic E-state index is 11.7. The highest BCUT2D eigenvalue weighted by Crippen LogP contribution is 2.34. The number of hydrogen-bond acceptors (Lipinski definition) is 4. The van der Waals surface area contributed by atoms with Crippen LogP contribution in [0.5, 0.6) is 0 Å². The van der Waals surface area contributed by atoms with E-state index in [4.69, 9.17) is 4.74 Å². The Labute approximate surface area is 174 Å². The van der Waals surface area contributed by atoms with Gasteiger partial charge in [-0.1, -0.05) is 18.2 Å². The molecule has 0 fully saturated rings. The molecule has 0 radical (unpaired) electrons. The van der Waals surface area contributed by atoms with Crippen LogP contribution in [0.2, 0.25) is 0 Å². The molecule has 0 atom stereocenters. The number of anilines is 3. The third kappa shape index (κ3) is 5.51. The van der Waals surface area contributed by atoms with Crippen molar-refractivity contribution in [3.05, 3.63) is 51.1 Å². The minimum absolute atomic E-state index is 0.390. The lowest BCUT2D eigenvalue weighted by atomic mass is 10.0. The molecule has 0 saturated heterocycles. The lowest BCUT2D eigenvalue weighted by molar-refractivity contribution is 0.0530. The second kappa shape index (κ2) is 8.37. The molecule has 0 saturated carbocycles. The second-order valence-corrected chi connectivity index (χ2v) is 8.79. The SMILES string of the molecule is CC(C)(C)OC(=O)NCCNc1cc2c(cc1I)CCc1ccccc1N2. The van der Waals surface area contributed by atoms with Crippen LogP contribution in [0.15, 0.2) is 36.4 Å². The van der Waals surface area contributed by atoms with Crippen molar-refractivity contribution in [2.45, 2.75) is 39.2 Å². The van der Waals surface area contributed by atoms with Gasteiger partial charge in [0.15, 0.2) is 0 Å². The summed E-state index contributed by atoms with van der Waals surface area (Å²) >= 11 is 2.36. The van der Waals surface area contributed by atoms with Gasteiger partial charge in [-0.3, -0.25) is 0 Å². The van der Waals surface area contributed by atoms with Crippen LogP contribution in [-0.4, -0.2) is 24.8 Å². The van der Waals surface area contributed by atoms with Crippen molar-refractivity contribution in [2.75, 3.05) is 23.7 Å². The first-order valence-corrected chi connectivity index (χ1v) is 10.3. The number of carbonyl (C=O) groups excluding carboxylic acids is 1. The lowest BCUT2D eigenvalue weighted by Gasteiger charge is -2.20. The van der Waals surface area contributed by atoms with E-state index in [0.717, 1.165) is 24.2 Å². The van der Waals surface area contributed by atoms with Crippen LogP contribution in [0.25, 0.3) is 0 Å². The van der Waals surface area contributed by atoms with E-state index in [0.29, 0.717) is 13.1 Å². The molecule has 0 bridgehead atoms. The third-order valence-corrected chi connectivity index (χ3v) is 5.14. The number of ether oxygens (including phenoxy) is 1. The number of hydrogen-bond donors (Lipinski definition) is 3. The van der Waals surface area contributed by atoms with Gasteiger partial charge in [0.1, 0.15) is 5.60 Å². The summed E-state index contributed by atoms with van der Waals surface area (Å²) in [6.07, 6.45) is 1.67. The van der Waals surface area contributed by atoms with Crippen LogP contribution in [-0.2, 0) is 17.6 Å². The van der Waals surface area contributed by atoms with Gasteiger partial charge < -0.3 is 20.7 Å². The summed E-state index contributed by atoms with van der Waals surface area (Å²) in [6.45, 7) is 6.69. The zero-order chi connectivity index (χ0) is 19.4. The molecule has 0 unspecified atom stereocenters. The molecule has 6 heteroatoms. The van der Waals surface area contributed by atoms with E-state index < -0.39 is 5.60 Å². The molecule has 1 aliphatic heterocycles. The van der Waals surface area contributed by atoms with Gasteiger partial charge in [0.25, 0.3) is 0 Å². The van der Waals surface area contributed by atoms with Crippen LogP contribution in [0.3, 0.4) is 0 Å². The summed E-state index contributed by atoms with van der Waals surface area (Å²) in [5, 5.41) is 9.75. The molecular formula is C21H26IN3O2. The molecule has 144 valence electrons. The average Bonchev–Trinajstić information content (AvgIpc) is 2.76. The summed E-state index contributed by atoms with van der Waals surface area (Å²) in [7, 11) is 0. The van der Waals surface area contributed by atoms with Crippen LogP contribution in [0.1, 0.15) is 31.9 Å². The molecule has 5 nitrogen and oxygen atoms in total. The van der Waals surface area contributed by atoms with Crippen molar-refractivity contribution in [3.63, 3.8) is 0 Å². The number of rotatable bonds is 4. The summed E-state index contributed by atoms with van der Waals surface area (Å²) in [6, 6.07) is 12.8. The fourth-order valence-electron chi connectivity index (χ4n) is 3.02. The number of fused-ring (bicyclic) bond motifs is 2. The molecule has 0 aliphatic carbocycles. The number of alkyl carbamates (subject to hydrolysis) is 1. The predicted molar refractivity (Wildman–Crippen MR) is 119 cm³/mol. The van der Waals surface area contributed by atoms with E-state index in [1.807, 2.05) is 20.8 Å². The van der Waals surface area contributed by atoms with Gasteiger partial charge in [0.2, 0.25) is 0 Å². The zero-order valence-corrected chi connectivity index (χ0v) is 18.1. The Hall–Kier alpha value is -1.96. The number of nitrogens with one attached hydrogen (secondary N) is 3. The molecule has 3 N–H and O–H groups in total. The van der Waals surface area contributed by atoms with Gasteiger partial charge in [0.05, 0.1) is 0 Å². The summed E-state index contributed by atoms with van der Waals surface area (Å²) in [5.41, 5.74) is 5.57. The van der Waals surface area contributed by atoms with Gasteiger partial charge in [0, 0.05) is 33.7 Å². The molecule has 3 rings (SSSR count). The van der Waals surface area contributed by atoms with E-state index in [2.05, 4.69) is 74.9 Å². The van der Waals surface area contributed by atoms with Crippen LogP contribution < -0.4 is 16.0 Å². The maximum atomic E-state index is 11.7. The van der Waals surface area contributed by atoms with Crippen molar-refractivity contribution in [2.24, 2.45) is 0 Å². The normalized spacial score (nSPS) is 12.9. The van der Waals surface area contributed by atoms with Crippen LogP contribution in [0, 0.1) is 3.57 Å². The number of aryl methyl sites for hydroxylation is 2. The standard InChI is InChI=1S/C21H26IN3O2/c1-21(2,3)27-20(26)24-11-10-23-19-13-18-15(12-16(19)22)9-8-14-6-4-5-7-17(14)25-18/h4-7,12-13,23,25H,8-11H2,1-3H3,(H,24,26). The van der Waals surface area contributed by atoms with Crippen molar-refractivity contribution >= 4 is 45.7 Å². The van der Waals surface area contributed by atoms with E-state index in [1.54, 1.807) is 0 Å². The van der Waals surface area contributed by atoms with Crippen molar-refractivity contribution in [1.29, 1.82) is 0 Å². The Morgan fingerprint density at radius 2 is 1.85 bits per heavy atom. The molecule has 2 aromatic rings. The first-order valence-electron chi connectivity index (χ1n) is 9.20. The first kappa shape index (κ1) is 19.8. The molecule has 1 amide bonds. The molecule has 2 aromatic carbocycles. The van der Waals surface area contributed by atoms with Crippen molar-refractivity contribution < 1.29 is 9.53 Å². The summed E-state index contributed by atoms with van der Waals surface area (Å²) in [4.78, 5) is 11.7. The van der Waals surface area contributed by atoms with Gasteiger partial charge in [-0.05, 0) is 85.5 Å². The fourth-order valence-corrected chi connectivity index (χ4v) is 3.75. The quantitative estimate of drug-likeness (QED) is 0.424. The number of halogens is 1. The smallest absolute Gasteiger partial charge is 0.407 e. The Morgan fingerprint density at radius 3 is 2.63 bits per heavy atom. The lowest BCUT2D eigenvalue weighted by Crippen LogP contribution is -2.35. The first-order chi connectivity index (χ1) is 12.8. The largest absolute Gasteiger partial charge is 0.444 e. The molecular weight excluding hydrogens is 453 g/mol. The number of benzene rings is 2. The van der Waals surface area contributed by atoms with Gasteiger partial charge in [-0.25, -0.2) is 4.79 Å². The highest BCUT2D eigenvalue weighted by Gasteiger charge is 2.16. The third-order valence-electron chi connectivity index (χ3n) is 4.25. The van der Waals surface area contributed by atoms with E-state index >= 15 is 0 Å². The van der Waals surface area contributed by atoms with Gasteiger partial charge in [-0.15, -0.1) is 0 Å². The Kier molecular flexibility index (Phi) is 6.14. The second-order valence-electron chi connectivity index (χ2n) is 7.63.